The minimum atomic E-state index is 0.589. The standard InChI is InChI=1S/C13H15N3O/c1-3-17-12-9-11(14-2)15-13(16-12)10-7-5-4-6-8-10/h4-9H,3H2,1-2H3,(H,14,15,16). The van der Waals surface area contributed by atoms with Gasteiger partial charge in [-0.3, -0.25) is 0 Å². The summed E-state index contributed by atoms with van der Waals surface area (Å²) in [6.07, 6.45) is 0. The Kier molecular flexibility index (Phi) is 3.55. The van der Waals surface area contributed by atoms with E-state index in [1.165, 1.54) is 0 Å². The van der Waals surface area contributed by atoms with Crippen molar-refractivity contribution in [1.82, 2.24) is 9.97 Å². The summed E-state index contributed by atoms with van der Waals surface area (Å²) in [5, 5.41) is 3.00. The number of anilines is 1. The Labute approximate surface area is 101 Å². The van der Waals surface area contributed by atoms with Gasteiger partial charge in [-0.15, -0.1) is 0 Å². The molecule has 0 saturated heterocycles. The topological polar surface area (TPSA) is 47.0 Å². The molecule has 0 aliphatic rings. The Bertz CT molecular complexity index is 485. The molecule has 0 atom stereocenters. The third-order valence-corrected chi connectivity index (χ3v) is 2.28. The molecule has 1 N–H and O–H groups in total. The van der Waals surface area contributed by atoms with E-state index >= 15 is 0 Å². The number of benzene rings is 1. The van der Waals surface area contributed by atoms with Gasteiger partial charge in [0, 0.05) is 18.7 Å². The first-order valence-corrected chi connectivity index (χ1v) is 5.58. The van der Waals surface area contributed by atoms with Gasteiger partial charge < -0.3 is 10.1 Å². The number of rotatable bonds is 4. The molecule has 1 aromatic carbocycles. The molecule has 0 amide bonds. The van der Waals surface area contributed by atoms with Crippen molar-refractivity contribution in [3.63, 3.8) is 0 Å². The van der Waals surface area contributed by atoms with Crippen LogP contribution in [0.2, 0.25) is 0 Å². The van der Waals surface area contributed by atoms with Gasteiger partial charge in [0.1, 0.15) is 5.82 Å². The van der Waals surface area contributed by atoms with Crippen LogP contribution in [0.3, 0.4) is 0 Å². The second kappa shape index (κ2) is 5.30. The van der Waals surface area contributed by atoms with Crippen LogP contribution < -0.4 is 10.1 Å². The highest BCUT2D eigenvalue weighted by Gasteiger charge is 2.06. The maximum atomic E-state index is 5.42. The normalized spacial score (nSPS) is 10.0. The first kappa shape index (κ1) is 11.4. The van der Waals surface area contributed by atoms with E-state index in [-0.39, 0.29) is 0 Å². The molecule has 88 valence electrons. The second-order valence-corrected chi connectivity index (χ2v) is 3.46. The van der Waals surface area contributed by atoms with Crippen LogP contribution in [0.25, 0.3) is 11.4 Å². The van der Waals surface area contributed by atoms with Crippen LogP contribution in [-0.2, 0) is 0 Å². The predicted octanol–water partition coefficient (Wildman–Crippen LogP) is 2.58. The van der Waals surface area contributed by atoms with Gasteiger partial charge in [0.15, 0.2) is 5.82 Å². The number of ether oxygens (including phenoxy) is 1. The zero-order valence-corrected chi connectivity index (χ0v) is 9.97. The summed E-state index contributed by atoms with van der Waals surface area (Å²) >= 11 is 0. The Morgan fingerprint density at radius 2 is 1.94 bits per heavy atom. The lowest BCUT2D eigenvalue weighted by atomic mass is 10.2. The lowest BCUT2D eigenvalue weighted by molar-refractivity contribution is 0.327. The smallest absolute Gasteiger partial charge is 0.219 e. The third kappa shape index (κ3) is 2.72. The summed E-state index contributed by atoms with van der Waals surface area (Å²) in [5.41, 5.74) is 0.977. The van der Waals surface area contributed by atoms with E-state index in [2.05, 4.69) is 15.3 Å². The average molecular weight is 229 g/mol. The van der Waals surface area contributed by atoms with Crippen molar-refractivity contribution in [2.24, 2.45) is 0 Å². The first-order chi connectivity index (χ1) is 8.33. The van der Waals surface area contributed by atoms with E-state index in [0.29, 0.717) is 18.3 Å². The van der Waals surface area contributed by atoms with Gasteiger partial charge in [-0.25, -0.2) is 4.98 Å². The van der Waals surface area contributed by atoms with E-state index in [1.807, 2.05) is 44.3 Å². The molecule has 0 unspecified atom stereocenters. The summed E-state index contributed by atoms with van der Waals surface area (Å²) in [4.78, 5) is 8.77. The van der Waals surface area contributed by atoms with E-state index in [0.717, 1.165) is 11.4 Å². The van der Waals surface area contributed by atoms with Crippen molar-refractivity contribution in [2.75, 3.05) is 19.0 Å². The Balaban J connectivity index is 2.43. The van der Waals surface area contributed by atoms with Crippen molar-refractivity contribution in [2.45, 2.75) is 6.92 Å². The molecule has 2 aromatic rings. The minimum absolute atomic E-state index is 0.589. The summed E-state index contributed by atoms with van der Waals surface area (Å²) in [5.74, 6) is 2.01. The highest BCUT2D eigenvalue weighted by molar-refractivity contribution is 5.58. The largest absolute Gasteiger partial charge is 0.478 e. The number of nitrogens with zero attached hydrogens (tertiary/aromatic N) is 2. The molecule has 0 spiro atoms. The van der Waals surface area contributed by atoms with Crippen molar-refractivity contribution in [1.29, 1.82) is 0 Å². The maximum Gasteiger partial charge on any atom is 0.219 e. The summed E-state index contributed by atoms with van der Waals surface area (Å²) in [7, 11) is 1.83. The number of hydrogen-bond donors (Lipinski definition) is 1. The molecule has 0 aliphatic heterocycles. The van der Waals surface area contributed by atoms with Crippen LogP contribution in [0, 0.1) is 0 Å². The zero-order chi connectivity index (χ0) is 12.1. The van der Waals surface area contributed by atoms with E-state index in [9.17, 15) is 0 Å². The Morgan fingerprint density at radius 1 is 1.18 bits per heavy atom. The average Bonchev–Trinajstić information content (AvgIpc) is 2.40. The quantitative estimate of drug-likeness (QED) is 0.875. The van der Waals surface area contributed by atoms with Crippen molar-refractivity contribution in [3.05, 3.63) is 36.4 Å². The van der Waals surface area contributed by atoms with Gasteiger partial charge >= 0.3 is 0 Å². The summed E-state index contributed by atoms with van der Waals surface area (Å²) in [6, 6.07) is 11.6. The number of aromatic nitrogens is 2. The van der Waals surface area contributed by atoms with Gasteiger partial charge in [0.2, 0.25) is 5.88 Å². The Morgan fingerprint density at radius 3 is 2.59 bits per heavy atom. The molecule has 0 fully saturated rings. The molecular formula is C13H15N3O. The maximum absolute atomic E-state index is 5.42. The van der Waals surface area contributed by atoms with Crippen LogP contribution in [0.1, 0.15) is 6.92 Å². The fraction of sp³-hybridized carbons (Fsp3) is 0.231. The van der Waals surface area contributed by atoms with Gasteiger partial charge in [-0.1, -0.05) is 30.3 Å². The molecule has 0 bridgehead atoms. The molecule has 17 heavy (non-hydrogen) atoms. The highest BCUT2D eigenvalue weighted by Crippen LogP contribution is 2.20. The summed E-state index contributed by atoms with van der Waals surface area (Å²) < 4.78 is 5.42. The molecule has 0 radical (unpaired) electrons. The summed E-state index contributed by atoms with van der Waals surface area (Å²) in [6.45, 7) is 2.53. The fourth-order valence-electron chi connectivity index (χ4n) is 1.49. The van der Waals surface area contributed by atoms with Crippen LogP contribution >= 0.6 is 0 Å². The molecular weight excluding hydrogens is 214 g/mol. The van der Waals surface area contributed by atoms with Crippen LogP contribution in [0.4, 0.5) is 5.82 Å². The van der Waals surface area contributed by atoms with Gasteiger partial charge in [-0.05, 0) is 6.92 Å². The molecule has 4 heteroatoms. The Hall–Kier alpha value is -2.10. The highest BCUT2D eigenvalue weighted by atomic mass is 16.5. The molecule has 0 aliphatic carbocycles. The number of hydrogen-bond acceptors (Lipinski definition) is 4. The molecule has 0 saturated carbocycles. The van der Waals surface area contributed by atoms with Gasteiger partial charge in [0.25, 0.3) is 0 Å². The molecule has 4 nitrogen and oxygen atoms in total. The molecule has 1 aromatic heterocycles. The van der Waals surface area contributed by atoms with Crippen LogP contribution in [-0.4, -0.2) is 23.6 Å². The predicted molar refractivity (Wildman–Crippen MR) is 68.2 cm³/mol. The first-order valence-electron chi connectivity index (χ1n) is 5.58. The minimum Gasteiger partial charge on any atom is -0.478 e. The van der Waals surface area contributed by atoms with Crippen LogP contribution in [0.5, 0.6) is 5.88 Å². The lowest BCUT2D eigenvalue weighted by Gasteiger charge is -2.07. The van der Waals surface area contributed by atoms with E-state index in [1.54, 1.807) is 6.07 Å². The third-order valence-electron chi connectivity index (χ3n) is 2.28. The second-order valence-electron chi connectivity index (χ2n) is 3.46. The van der Waals surface area contributed by atoms with Gasteiger partial charge in [-0.2, -0.15) is 4.98 Å². The van der Waals surface area contributed by atoms with Gasteiger partial charge in [0.05, 0.1) is 6.61 Å². The van der Waals surface area contributed by atoms with E-state index in [4.69, 9.17) is 4.74 Å². The van der Waals surface area contributed by atoms with Crippen LogP contribution in [0.15, 0.2) is 36.4 Å². The fourth-order valence-corrected chi connectivity index (χ4v) is 1.49. The van der Waals surface area contributed by atoms with E-state index < -0.39 is 0 Å². The molecule has 2 rings (SSSR count). The zero-order valence-electron chi connectivity index (χ0n) is 9.97. The molecule has 1 heterocycles. The van der Waals surface area contributed by atoms with Crippen molar-refractivity contribution < 1.29 is 4.74 Å². The lowest BCUT2D eigenvalue weighted by Crippen LogP contribution is -2.01. The van der Waals surface area contributed by atoms with Crippen molar-refractivity contribution in [3.8, 4) is 17.3 Å². The monoisotopic (exact) mass is 229 g/mol. The van der Waals surface area contributed by atoms with Crippen molar-refractivity contribution >= 4 is 5.82 Å². The SMILES string of the molecule is CCOc1cc(NC)nc(-c2ccccc2)n1. The number of nitrogens with one attached hydrogen (secondary N) is 1.